The van der Waals surface area contributed by atoms with Crippen LogP contribution < -0.4 is 11.1 Å². The number of halogens is 1. The van der Waals surface area contributed by atoms with Gasteiger partial charge < -0.3 is 11.1 Å². The molecule has 1 aromatic carbocycles. The predicted octanol–water partition coefficient (Wildman–Crippen LogP) is 4.43. The molecule has 0 atom stereocenters. The first-order chi connectivity index (χ1) is 9.01. The minimum Gasteiger partial charge on any atom is -0.397 e. The van der Waals surface area contributed by atoms with E-state index >= 15 is 0 Å². The Morgan fingerprint density at radius 1 is 1.32 bits per heavy atom. The van der Waals surface area contributed by atoms with E-state index in [9.17, 15) is 4.39 Å². The molecule has 0 unspecified atom stereocenters. The Bertz CT molecular complexity index is 423. The molecule has 1 aromatic rings. The van der Waals surface area contributed by atoms with Gasteiger partial charge in [-0.1, -0.05) is 26.7 Å². The Hall–Kier alpha value is -1.25. The van der Waals surface area contributed by atoms with Gasteiger partial charge in [-0.15, -0.1) is 0 Å². The smallest absolute Gasteiger partial charge is 0.125 e. The van der Waals surface area contributed by atoms with Gasteiger partial charge in [0, 0.05) is 6.54 Å². The van der Waals surface area contributed by atoms with E-state index in [-0.39, 0.29) is 5.82 Å². The molecule has 3 N–H and O–H groups in total. The van der Waals surface area contributed by atoms with Crippen molar-refractivity contribution in [3.63, 3.8) is 0 Å². The molecular formula is C16H25FN2. The van der Waals surface area contributed by atoms with E-state index in [1.807, 2.05) is 0 Å². The fraction of sp³-hybridized carbons (Fsp3) is 0.625. The van der Waals surface area contributed by atoms with Crippen LogP contribution in [0, 0.1) is 17.2 Å². The van der Waals surface area contributed by atoms with E-state index < -0.39 is 0 Å². The van der Waals surface area contributed by atoms with Gasteiger partial charge in [-0.3, -0.25) is 0 Å². The summed E-state index contributed by atoms with van der Waals surface area (Å²) in [5, 5.41) is 3.44. The van der Waals surface area contributed by atoms with Gasteiger partial charge in [0.05, 0.1) is 11.4 Å². The molecule has 0 aromatic heterocycles. The lowest BCUT2D eigenvalue weighted by Gasteiger charge is -2.31. The summed E-state index contributed by atoms with van der Waals surface area (Å²) in [7, 11) is 0. The van der Waals surface area contributed by atoms with Crippen LogP contribution >= 0.6 is 0 Å². The molecule has 1 fully saturated rings. The second kappa shape index (κ2) is 5.81. The molecule has 0 radical (unpaired) electrons. The van der Waals surface area contributed by atoms with Crippen LogP contribution in [0.5, 0.6) is 0 Å². The molecule has 1 saturated carbocycles. The first-order valence-electron chi connectivity index (χ1n) is 7.30. The number of hydrogen-bond acceptors (Lipinski definition) is 2. The number of hydrogen-bond donors (Lipinski definition) is 2. The summed E-state index contributed by atoms with van der Waals surface area (Å²) >= 11 is 0. The minimum atomic E-state index is -0.277. The number of benzene rings is 1. The van der Waals surface area contributed by atoms with Gasteiger partial charge >= 0.3 is 0 Å². The molecule has 2 nitrogen and oxygen atoms in total. The van der Waals surface area contributed by atoms with Gasteiger partial charge in [0.15, 0.2) is 0 Å². The third-order valence-electron chi connectivity index (χ3n) is 4.17. The van der Waals surface area contributed by atoms with E-state index in [1.165, 1.54) is 44.2 Å². The van der Waals surface area contributed by atoms with E-state index in [0.717, 1.165) is 12.2 Å². The lowest BCUT2D eigenvalue weighted by atomic mass is 9.78. The zero-order chi connectivity index (χ0) is 13.9. The van der Waals surface area contributed by atoms with Gasteiger partial charge in [0.1, 0.15) is 5.82 Å². The first-order valence-corrected chi connectivity index (χ1v) is 7.30. The summed E-state index contributed by atoms with van der Waals surface area (Å²) in [5.74, 6) is 0.436. The third-order valence-corrected chi connectivity index (χ3v) is 4.17. The monoisotopic (exact) mass is 264 g/mol. The predicted molar refractivity (Wildman–Crippen MR) is 79.7 cm³/mol. The van der Waals surface area contributed by atoms with E-state index in [1.54, 1.807) is 6.07 Å². The van der Waals surface area contributed by atoms with Crippen LogP contribution in [0.3, 0.4) is 0 Å². The number of rotatable bonds is 5. The molecule has 0 saturated heterocycles. The largest absolute Gasteiger partial charge is 0.397 e. The molecule has 3 heteroatoms. The average Bonchev–Trinajstić information content (AvgIpc) is 2.76. The second-order valence-corrected chi connectivity index (χ2v) is 6.39. The van der Waals surface area contributed by atoms with Crippen molar-refractivity contribution in [1.82, 2.24) is 0 Å². The molecule has 0 aliphatic heterocycles. The van der Waals surface area contributed by atoms with Crippen molar-refractivity contribution in [2.24, 2.45) is 11.3 Å². The first kappa shape index (κ1) is 14.2. The maximum Gasteiger partial charge on any atom is 0.125 e. The molecule has 19 heavy (non-hydrogen) atoms. The minimum absolute atomic E-state index is 0.277. The maximum absolute atomic E-state index is 13.0. The average molecular weight is 264 g/mol. The number of nitrogens with two attached hydrogens (primary N) is 1. The van der Waals surface area contributed by atoms with Crippen LogP contribution in [-0.4, -0.2) is 6.54 Å². The van der Waals surface area contributed by atoms with Crippen molar-refractivity contribution in [2.75, 3.05) is 17.6 Å². The summed E-state index contributed by atoms with van der Waals surface area (Å²) in [6, 6.07) is 4.58. The van der Waals surface area contributed by atoms with Crippen LogP contribution in [-0.2, 0) is 0 Å². The highest BCUT2D eigenvalue weighted by molar-refractivity contribution is 5.65. The van der Waals surface area contributed by atoms with Gasteiger partial charge in [-0.2, -0.15) is 0 Å². The third kappa shape index (κ3) is 3.62. The van der Waals surface area contributed by atoms with Crippen LogP contribution in [0.25, 0.3) is 0 Å². The molecule has 106 valence electrons. The summed E-state index contributed by atoms with van der Waals surface area (Å²) in [4.78, 5) is 0. The SMILES string of the molecule is CC(C)CC1(CNc2ccc(F)cc2N)CCCC1. The van der Waals surface area contributed by atoms with E-state index in [2.05, 4.69) is 19.2 Å². The molecule has 0 amide bonds. The Labute approximate surface area is 115 Å². The van der Waals surface area contributed by atoms with Crippen LogP contribution in [0.4, 0.5) is 15.8 Å². The lowest BCUT2D eigenvalue weighted by Crippen LogP contribution is -2.28. The quantitative estimate of drug-likeness (QED) is 0.772. The molecule has 1 aliphatic carbocycles. The Kier molecular flexibility index (Phi) is 4.33. The molecule has 2 rings (SSSR count). The molecule has 0 spiro atoms. The van der Waals surface area contributed by atoms with Gasteiger partial charge in [-0.25, -0.2) is 4.39 Å². The molecule has 0 heterocycles. The van der Waals surface area contributed by atoms with E-state index in [0.29, 0.717) is 17.0 Å². The maximum atomic E-state index is 13.0. The van der Waals surface area contributed by atoms with Crippen LogP contribution in [0.1, 0.15) is 46.0 Å². The number of nitrogen functional groups attached to an aromatic ring is 1. The van der Waals surface area contributed by atoms with Crippen molar-refractivity contribution in [1.29, 1.82) is 0 Å². The molecule has 0 bridgehead atoms. The Morgan fingerprint density at radius 3 is 2.58 bits per heavy atom. The molecular weight excluding hydrogens is 239 g/mol. The van der Waals surface area contributed by atoms with Crippen molar-refractivity contribution < 1.29 is 4.39 Å². The fourth-order valence-electron chi connectivity index (χ4n) is 3.42. The highest BCUT2D eigenvalue weighted by Gasteiger charge is 2.34. The second-order valence-electron chi connectivity index (χ2n) is 6.39. The summed E-state index contributed by atoms with van der Waals surface area (Å²) in [6.45, 7) is 5.51. The Balaban J connectivity index is 2.02. The van der Waals surface area contributed by atoms with Gasteiger partial charge in [0.25, 0.3) is 0 Å². The fourth-order valence-corrected chi connectivity index (χ4v) is 3.42. The Morgan fingerprint density at radius 2 is 2.00 bits per heavy atom. The van der Waals surface area contributed by atoms with Crippen molar-refractivity contribution >= 4 is 11.4 Å². The summed E-state index contributed by atoms with van der Waals surface area (Å²) < 4.78 is 13.0. The van der Waals surface area contributed by atoms with E-state index in [4.69, 9.17) is 5.73 Å². The summed E-state index contributed by atoms with van der Waals surface area (Å²) in [6.07, 6.45) is 6.49. The number of nitrogens with one attached hydrogen (secondary N) is 1. The van der Waals surface area contributed by atoms with Gasteiger partial charge in [-0.05, 0) is 48.8 Å². The highest BCUT2D eigenvalue weighted by Crippen LogP contribution is 2.43. The van der Waals surface area contributed by atoms with Gasteiger partial charge in [0.2, 0.25) is 0 Å². The van der Waals surface area contributed by atoms with Crippen LogP contribution in [0.15, 0.2) is 18.2 Å². The summed E-state index contributed by atoms with van der Waals surface area (Å²) in [5.41, 5.74) is 7.60. The molecule has 1 aliphatic rings. The normalized spacial score (nSPS) is 17.9. The zero-order valence-corrected chi connectivity index (χ0v) is 12.0. The topological polar surface area (TPSA) is 38.0 Å². The highest BCUT2D eigenvalue weighted by atomic mass is 19.1. The van der Waals surface area contributed by atoms with Crippen molar-refractivity contribution in [3.8, 4) is 0 Å². The lowest BCUT2D eigenvalue weighted by molar-refractivity contribution is 0.252. The standard InChI is InChI=1S/C16H25FN2/c1-12(2)10-16(7-3-4-8-16)11-19-15-6-5-13(17)9-14(15)18/h5-6,9,12,19H,3-4,7-8,10-11,18H2,1-2H3. The van der Waals surface area contributed by atoms with Crippen molar-refractivity contribution in [2.45, 2.75) is 46.0 Å². The number of anilines is 2. The van der Waals surface area contributed by atoms with Crippen molar-refractivity contribution in [3.05, 3.63) is 24.0 Å². The zero-order valence-electron chi connectivity index (χ0n) is 12.0. The van der Waals surface area contributed by atoms with Crippen LogP contribution in [0.2, 0.25) is 0 Å².